The normalized spacial score (nSPS) is 17.1. The number of nitrogens with zero attached hydrogens (tertiary/aromatic N) is 7. The van der Waals surface area contributed by atoms with Crippen molar-refractivity contribution in [2.24, 2.45) is 5.11 Å². The van der Waals surface area contributed by atoms with Gasteiger partial charge in [-0.05, 0) is 46.5 Å². The fourth-order valence-electron chi connectivity index (χ4n) is 4.13. The lowest BCUT2D eigenvalue weighted by atomic mass is 9.84. The van der Waals surface area contributed by atoms with E-state index in [0.717, 1.165) is 5.56 Å². The van der Waals surface area contributed by atoms with E-state index < -0.39 is 35.4 Å². The van der Waals surface area contributed by atoms with Crippen LogP contribution in [0.1, 0.15) is 37.2 Å². The van der Waals surface area contributed by atoms with Crippen molar-refractivity contribution in [1.82, 2.24) is 30.8 Å². The molecule has 1 aromatic heterocycles. The van der Waals surface area contributed by atoms with Crippen LogP contribution >= 0.6 is 0 Å². The number of aromatic nitrogens is 4. The van der Waals surface area contributed by atoms with E-state index in [9.17, 15) is 19.9 Å². The Morgan fingerprint density at radius 3 is 2.58 bits per heavy atom. The number of carbonyl (C=O) groups is 3. The van der Waals surface area contributed by atoms with E-state index in [1.165, 1.54) is 18.5 Å². The van der Waals surface area contributed by atoms with Crippen LogP contribution in [-0.2, 0) is 31.3 Å². The molecule has 1 aliphatic heterocycles. The van der Waals surface area contributed by atoms with Crippen LogP contribution in [0.5, 0.6) is 0 Å². The molecule has 0 saturated heterocycles. The van der Waals surface area contributed by atoms with E-state index in [4.69, 9.17) is 4.74 Å². The van der Waals surface area contributed by atoms with Gasteiger partial charge in [-0.3, -0.25) is 9.59 Å². The van der Waals surface area contributed by atoms with Crippen LogP contribution in [0.4, 0.5) is 0 Å². The van der Waals surface area contributed by atoms with E-state index in [2.05, 4.69) is 36.2 Å². The molecule has 0 aliphatic carbocycles. The summed E-state index contributed by atoms with van der Waals surface area (Å²) in [5.41, 5.74) is 9.88. The first kappa shape index (κ1) is 24.4. The molecule has 1 unspecified atom stereocenters. The number of carbonyl (C=O) groups excluding carboxylic acids is 3. The van der Waals surface area contributed by atoms with Crippen LogP contribution in [0.25, 0.3) is 16.1 Å². The predicted octanol–water partition coefficient (Wildman–Crippen LogP) is 1.67. The number of esters is 1. The van der Waals surface area contributed by atoms with Gasteiger partial charge in [0, 0.05) is 11.8 Å². The van der Waals surface area contributed by atoms with Gasteiger partial charge in [-0.15, -0.1) is 5.10 Å². The highest BCUT2D eigenvalue weighted by molar-refractivity contribution is 5.90. The maximum atomic E-state index is 13.2. The molecule has 2 heterocycles. The van der Waals surface area contributed by atoms with Crippen molar-refractivity contribution in [1.29, 1.82) is 0 Å². The zero-order chi connectivity index (χ0) is 25.7. The highest BCUT2D eigenvalue weighted by Gasteiger charge is 2.49. The summed E-state index contributed by atoms with van der Waals surface area (Å²) in [6.45, 7) is 2.78. The van der Waals surface area contributed by atoms with Crippen molar-refractivity contribution in [3.05, 3.63) is 82.0 Å². The van der Waals surface area contributed by atoms with Crippen molar-refractivity contribution >= 4 is 17.8 Å². The fraction of sp³-hybridized carbons (Fsp3) is 0.304. The summed E-state index contributed by atoms with van der Waals surface area (Å²) >= 11 is 0. The number of tetrazole rings is 1. The van der Waals surface area contributed by atoms with E-state index in [-0.39, 0.29) is 18.9 Å². The Bertz CT molecular complexity index is 1340. The van der Waals surface area contributed by atoms with E-state index in [1.807, 2.05) is 30.3 Å². The summed E-state index contributed by atoms with van der Waals surface area (Å²) in [4.78, 5) is 40.7. The first-order valence-corrected chi connectivity index (χ1v) is 11.1. The van der Waals surface area contributed by atoms with Crippen molar-refractivity contribution in [3.63, 3.8) is 0 Å². The largest absolute Gasteiger partial charge is 0.459 e. The zero-order valence-electron chi connectivity index (χ0n) is 19.5. The molecule has 2 amide bonds. The minimum atomic E-state index is -1.48. The van der Waals surface area contributed by atoms with Crippen molar-refractivity contribution in [2.75, 3.05) is 0 Å². The molecule has 0 spiro atoms. The number of hydrogen-bond donors (Lipinski definition) is 2. The molecule has 2 N–H and O–H groups in total. The third kappa shape index (κ3) is 4.72. The average molecular weight is 489 g/mol. The van der Waals surface area contributed by atoms with Crippen LogP contribution in [-0.4, -0.2) is 50.1 Å². The summed E-state index contributed by atoms with van der Waals surface area (Å²) in [6, 6.07) is 13.9. The van der Waals surface area contributed by atoms with Crippen LogP contribution in [0.2, 0.25) is 0 Å². The number of amides is 2. The highest BCUT2D eigenvalue weighted by Crippen LogP contribution is 2.45. The van der Waals surface area contributed by atoms with Gasteiger partial charge in [0.25, 0.3) is 0 Å². The van der Waals surface area contributed by atoms with Crippen molar-refractivity contribution in [2.45, 2.75) is 44.5 Å². The maximum Gasteiger partial charge on any atom is 0.328 e. The van der Waals surface area contributed by atoms with Gasteiger partial charge in [-0.2, -0.15) is 4.68 Å². The second kappa shape index (κ2) is 10.2. The number of para-hydroxylation sites is 1. The Labute approximate surface area is 205 Å². The van der Waals surface area contributed by atoms with Crippen molar-refractivity contribution < 1.29 is 19.1 Å². The van der Waals surface area contributed by atoms with Gasteiger partial charge < -0.3 is 15.4 Å². The third-order valence-corrected chi connectivity index (χ3v) is 5.76. The Morgan fingerprint density at radius 1 is 1.14 bits per heavy atom. The first-order chi connectivity index (χ1) is 17.4. The topological polar surface area (TPSA) is 177 Å². The minimum absolute atomic E-state index is 0.0500. The molecule has 13 heteroatoms. The summed E-state index contributed by atoms with van der Waals surface area (Å²) in [5.74, 6) is -1.59. The van der Waals surface area contributed by atoms with Gasteiger partial charge in [-0.25, -0.2) is 4.79 Å². The maximum absolute atomic E-state index is 13.2. The lowest BCUT2D eigenvalue weighted by Crippen LogP contribution is -2.52. The summed E-state index contributed by atoms with van der Waals surface area (Å²) in [7, 11) is 0. The predicted molar refractivity (Wildman–Crippen MR) is 125 cm³/mol. The second-order valence-electron chi connectivity index (χ2n) is 8.26. The molecule has 0 fully saturated rings. The zero-order valence-corrected chi connectivity index (χ0v) is 19.5. The molecule has 184 valence electrons. The van der Waals surface area contributed by atoms with Crippen LogP contribution in [0, 0.1) is 0 Å². The molecule has 13 nitrogen and oxygen atoms in total. The summed E-state index contributed by atoms with van der Waals surface area (Å²) in [5, 5.41) is 20.9. The molecule has 4 rings (SSSR count). The lowest BCUT2D eigenvalue weighted by molar-refractivity contribution is -0.148. The Balaban J connectivity index is 1.56. The minimum Gasteiger partial charge on any atom is -0.459 e. The average Bonchev–Trinajstić information content (AvgIpc) is 3.45. The van der Waals surface area contributed by atoms with E-state index in [1.54, 1.807) is 24.3 Å². The SMILES string of the molecule is CC(=O)N[C@@H](CC1(N=[N+]=[N-])c2ccccc2-n2nnnc21)C(=O)N[C@@H](C)C(=O)OCc1ccccc1. The van der Waals surface area contributed by atoms with E-state index in [0.29, 0.717) is 11.3 Å². The van der Waals surface area contributed by atoms with Gasteiger partial charge in [0.1, 0.15) is 24.2 Å². The number of fused-ring (bicyclic) bond motifs is 3. The number of nitrogens with one attached hydrogen (secondary N) is 2. The molecule has 3 aromatic rings. The smallest absolute Gasteiger partial charge is 0.328 e. The first-order valence-electron chi connectivity index (χ1n) is 11.1. The summed E-state index contributed by atoms with van der Waals surface area (Å²) in [6.07, 6.45) is -0.189. The molecule has 0 radical (unpaired) electrons. The number of ether oxygens (including phenoxy) is 1. The Morgan fingerprint density at radius 2 is 1.86 bits per heavy atom. The lowest BCUT2D eigenvalue weighted by Gasteiger charge is -2.28. The Hall–Kier alpha value is -4.77. The molecule has 0 saturated carbocycles. The number of benzene rings is 2. The number of azide groups is 1. The molecule has 2 aromatic carbocycles. The van der Waals surface area contributed by atoms with Gasteiger partial charge >= 0.3 is 5.97 Å². The molecule has 1 aliphatic rings. The molecule has 0 bridgehead atoms. The third-order valence-electron chi connectivity index (χ3n) is 5.76. The number of rotatable bonds is 9. The van der Waals surface area contributed by atoms with Crippen LogP contribution in [0.15, 0.2) is 59.7 Å². The quantitative estimate of drug-likeness (QED) is 0.199. The molecular weight excluding hydrogens is 466 g/mol. The van der Waals surface area contributed by atoms with Crippen molar-refractivity contribution in [3.8, 4) is 5.69 Å². The van der Waals surface area contributed by atoms with Gasteiger partial charge in [0.2, 0.25) is 11.8 Å². The van der Waals surface area contributed by atoms with Gasteiger partial charge in [0.05, 0.1) is 5.69 Å². The number of hydrogen-bond acceptors (Lipinski definition) is 8. The standard InChI is InChI=1S/C23H23N9O4/c1-14(21(35)36-13-16-8-4-3-5-9-16)25-20(34)18(26-15(2)33)12-23(28-29-24)17-10-6-7-11-19(17)32-22(23)27-30-31-32/h3-11,14,18H,12-13H2,1-2H3,(H,25,34)(H,26,33)/t14-,18-,23?/m0/s1. The monoisotopic (exact) mass is 489 g/mol. The second-order valence-corrected chi connectivity index (χ2v) is 8.26. The van der Waals surface area contributed by atoms with Crippen LogP contribution < -0.4 is 10.6 Å². The highest BCUT2D eigenvalue weighted by atomic mass is 16.5. The Kier molecular flexibility index (Phi) is 6.93. The fourth-order valence-corrected chi connectivity index (χ4v) is 4.13. The molecular formula is C23H23N9O4. The summed E-state index contributed by atoms with van der Waals surface area (Å²) < 4.78 is 6.72. The molecule has 36 heavy (non-hydrogen) atoms. The molecule has 3 atom stereocenters. The van der Waals surface area contributed by atoms with E-state index >= 15 is 0 Å². The van der Waals surface area contributed by atoms with Crippen LogP contribution in [0.3, 0.4) is 0 Å². The van der Waals surface area contributed by atoms with Gasteiger partial charge in [-0.1, -0.05) is 53.6 Å². The van der Waals surface area contributed by atoms with Gasteiger partial charge in [0.15, 0.2) is 5.82 Å².